The predicted octanol–water partition coefficient (Wildman–Crippen LogP) is 1.49. The number of hydrogen-bond acceptors (Lipinski definition) is 6. The van der Waals surface area contributed by atoms with Crippen molar-refractivity contribution < 1.29 is 14.4 Å². The van der Waals surface area contributed by atoms with E-state index in [1.165, 1.54) is 0 Å². The van der Waals surface area contributed by atoms with Gasteiger partial charge in [-0.25, -0.2) is 0 Å². The third-order valence-electron chi connectivity index (χ3n) is 2.77. The van der Waals surface area contributed by atoms with Gasteiger partial charge in [-0.1, -0.05) is 17.3 Å². The minimum Gasteiger partial charge on any atom is -0.497 e. The van der Waals surface area contributed by atoms with Gasteiger partial charge in [-0.15, -0.1) is 0 Å². The van der Waals surface area contributed by atoms with Crippen molar-refractivity contribution >= 4 is 0 Å². The summed E-state index contributed by atoms with van der Waals surface area (Å²) < 4.78 is 10.1. The Morgan fingerprint density at radius 1 is 1.40 bits per heavy atom. The van der Waals surface area contributed by atoms with Crippen LogP contribution in [-0.4, -0.2) is 28.5 Å². The lowest BCUT2D eigenvalue weighted by atomic mass is 10.1. The second kappa shape index (κ2) is 6.68. The first-order valence-corrected chi connectivity index (χ1v) is 6.20. The van der Waals surface area contributed by atoms with E-state index in [1.54, 1.807) is 7.11 Å². The molecule has 1 heterocycles. The average molecular weight is 273 g/mol. The van der Waals surface area contributed by atoms with Crippen LogP contribution in [0.4, 0.5) is 0 Å². The van der Waals surface area contributed by atoms with Gasteiger partial charge in [0.2, 0.25) is 5.89 Å². The van der Waals surface area contributed by atoms with Crippen LogP contribution in [0.25, 0.3) is 0 Å². The van der Waals surface area contributed by atoms with E-state index in [2.05, 4.69) is 10.1 Å². The summed E-state index contributed by atoms with van der Waals surface area (Å²) >= 11 is 0. The fourth-order valence-electron chi connectivity index (χ4n) is 1.75. The van der Waals surface area contributed by atoms with E-state index in [-0.39, 0.29) is 12.8 Å². The van der Waals surface area contributed by atoms with E-state index in [0.717, 1.165) is 11.3 Å². The van der Waals surface area contributed by atoms with Crippen LogP contribution in [0.5, 0.6) is 5.75 Å². The number of nitrogens with zero attached hydrogens (tertiary/aromatic N) is 3. The lowest BCUT2D eigenvalue weighted by Gasteiger charge is -2.01. The van der Waals surface area contributed by atoms with Crippen molar-refractivity contribution in [1.82, 2.24) is 10.1 Å². The Morgan fingerprint density at radius 3 is 2.80 bits per heavy atom. The minimum absolute atomic E-state index is 0.0518. The first-order valence-electron chi connectivity index (χ1n) is 6.20. The second-order valence-corrected chi connectivity index (χ2v) is 4.35. The normalized spacial score (nSPS) is 11.8. The monoisotopic (exact) mass is 273 g/mol. The average Bonchev–Trinajstić information content (AvgIpc) is 2.87. The van der Waals surface area contributed by atoms with Crippen LogP contribution in [0, 0.1) is 11.3 Å². The Kier molecular flexibility index (Phi) is 4.69. The maximum Gasteiger partial charge on any atom is 0.229 e. The summed E-state index contributed by atoms with van der Waals surface area (Å²) in [5, 5.41) is 21.8. The zero-order chi connectivity index (χ0) is 14.4. The van der Waals surface area contributed by atoms with E-state index >= 15 is 0 Å². The van der Waals surface area contributed by atoms with E-state index < -0.39 is 6.10 Å². The molecule has 1 aromatic carbocycles. The lowest BCUT2D eigenvalue weighted by molar-refractivity contribution is 0.167. The largest absolute Gasteiger partial charge is 0.497 e. The molecule has 0 radical (unpaired) electrons. The number of aromatic nitrogens is 2. The number of aliphatic hydroxyl groups is 1. The number of rotatable bonds is 6. The van der Waals surface area contributed by atoms with Crippen LogP contribution in [-0.2, 0) is 12.8 Å². The van der Waals surface area contributed by atoms with Crippen LogP contribution < -0.4 is 4.74 Å². The highest BCUT2D eigenvalue weighted by Crippen LogP contribution is 2.14. The van der Waals surface area contributed by atoms with Crippen LogP contribution in [0.1, 0.15) is 23.7 Å². The van der Waals surface area contributed by atoms with Crippen molar-refractivity contribution in [3.8, 4) is 11.8 Å². The Bertz CT molecular complexity index is 586. The summed E-state index contributed by atoms with van der Waals surface area (Å²) in [4.78, 5) is 4.19. The molecule has 0 aliphatic rings. The number of methoxy groups -OCH3 is 1. The van der Waals surface area contributed by atoms with E-state index in [4.69, 9.17) is 14.5 Å². The summed E-state index contributed by atoms with van der Waals surface area (Å²) in [6, 6.07) is 9.49. The van der Waals surface area contributed by atoms with Gasteiger partial charge >= 0.3 is 0 Å². The first-order chi connectivity index (χ1) is 9.71. The van der Waals surface area contributed by atoms with Crippen LogP contribution in [0.2, 0.25) is 0 Å². The standard InChI is InChI=1S/C14H15N3O3/c1-19-12-4-2-10(3-5-12)8-13-16-14(20-17-13)9-11(18)6-7-15/h2-5,11,18H,6,8-9H2,1H3. The van der Waals surface area contributed by atoms with Gasteiger partial charge in [-0.2, -0.15) is 10.2 Å². The fourth-order valence-corrected chi connectivity index (χ4v) is 1.75. The summed E-state index contributed by atoms with van der Waals surface area (Å²) in [7, 11) is 1.62. The molecule has 0 aliphatic heterocycles. The molecule has 104 valence electrons. The molecule has 0 saturated heterocycles. The molecule has 0 saturated carbocycles. The Morgan fingerprint density at radius 2 is 2.15 bits per heavy atom. The topological polar surface area (TPSA) is 92.2 Å². The number of aliphatic hydroxyl groups excluding tert-OH is 1. The fraction of sp³-hybridized carbons (Fsp3) is 0.357. The minimum atomic E-state index is -0.769. The molecule has 1 atom stereocenters. The van der Waals surface area contributed by atoms with Gasteiger partial charge in [0.25, 0.3) is 0 Å². The maximum absolute atomic E-state index is 9.50. The maximum atomic E-state index is 9.50. The quantitative estimate of drug-likeness (QED) is 0.857. The Hall–Kier alpha value is -2.39. The van der Waals surface area contributed by atoms with E-state index in [1.807, 2.05) is 30.3 Å². The van der Waals surface area contributed by atoms with Gasteiger partial charge in [0.15, 0.2) is 5.82 Å². The molecular weight excluding hydrogens is 258 g/mol. The molecule has 1 aromatic heterocycles. The molecule has 6 heteroatoms. The Balaban J connectivity index is 1.96. The smallest absolute Gasteiger partial charge is 0.229 e. The molecule has 2 rings (SSSR count). The first kappa shape index (κ1) is 14.0. The van der Waals surface area contributed by atoms with Crippen molar-refractivity contribution in [2.45, 2.75) is 25.4 Å². The molecule has 1 unspecified atom stereocenters. The zero-order valence-electron chi connectivity index (χ0n) is 11.1. The molecule has 1 N–H and O–H groups in total. The van der Waals surface area contributed by atoms with Crippen LogP contribution >= 0.6 is 0 Å². The van der Waals surface area contributed by atoms with Crippen LogP contribution in [0.15, 0.2) is 28.8 Å². The SMILES string of the molecule is COc1ccc(Cc2noc(CC(O)CC#N)n2)cc1. The molecular formula is C14H15N3O3. The molecule has 2 aromatic rings. The summed E-state index contributed by atoms with van der Waals surface area (Å²) in [5.74, 6) is 1.69. The Labute approximate surface area is 116 Å². The highest BCUT2D eigenvalue weighted by atomic mass is 16.5. The highest BCUT2D eigenvalue weighted by molar-refractivity contribution is 5.28. The van der Waals surface area contributed by atoms with Gasteiger partial charge in [0.1, 0.15) is 5.75 Å². The number of hydrogen-bond donors (Lipinski definition) is 1. The van der Waals surface area contributed by atoms with Gasteiger partial charge < -0.3 is 14.4 Å². The van der Waals surface area contributed by atoms with Gasteiger partial charge in [0.05, 0.1) is 32.1 Å². The number of nitriles is 1. The molecule has 6 nitrogen and oxygen atoms in total. The third kappa shape index (κ3) is 3.80. The molecule has 0 bridgehead atoms. The number of benzene rings is 1. The van der Waals surface area contributed by atoms with Crippen LogP contribution in [0.3, 0.4) is 0 Å². The molecule has 0 aliphatic carbocycles. The lowest BCUT2D eigenvalue weighted by Crippen LogP contribution is -2.09. The number of ether oxygens (including phenoxy) is 1. The van der Waals surface area contributed by atoms with Crippen molar-refractivity contribution in [2.24, 2.45) is 0 Å². The molecule has 0 spiro atoms. The highest BCUT2D eigenvalue weighted by Gasteiger charge is 2.12. The molecule has 20 heavy (non-hydrogen) atoms. The van der Waals surface area contributed by atoms with Crippen molar-refractivity contribution in [3.63, 3.8) is 0 Å². The van der Waals surface area contributed by atoms with Crippen molar-refractivity contribution in [2.75, 3.05) is 7.11 Å². The summed E-state index contributed by atoms with van der Waals surface area (Å²) in [6.45, 7) is 0. The van der Waals surface area contributed by atoms with Crippen molar-refractivity contribution in [3.05, 3.63) is 41.5 Å². The van der Waals surface area contributed by atoms with Gasteiger partial charge in [-0.3, -0.25) is 0 Å². The summed E-state index contributed by atoms with van der Waals surface area (Å²) in [6.07, 6.45) is 0.0237. The second-order valence-electron chi connectivity index (χ2n) is 4.35. The summed E-state index contributed by atoms with van der Waals surface area (Å²) in [5.41, 5.74) is 1.04. The van der Waals surface area contributed by atoms with E-state index in [0.29, 0.717) is 18.1 Å². The van der Waals surface area contributed by atoms with Gasteiger partial charge in [-0.05, 0) is 17.7 Å². The van der Waals surface area contributed by atoms with Gasteiger partial charge in [0, 0.05) is 6.42 Å². The van der Waals surface area contributed by atoms with Crippen molar-refractivity contribution in [1.29, 1.82) is 5.26 Å². The predicted molar refractivity (Wildman–Crippen MR) is 70.0 cm³/mol. The zero-order valence-corrected chi connectivity index (χ0v) is 11.1. The molecule has 0 amide bonds. The molecule has 0 fully saturated rings. The van der Waals surface area contributed by atoms with E-state index in [9.17, 15) is 5.11 Å². The third-order valence-corrected chi connectivity index (χ3v) is 2.77.